The SMILES string of the molecule is COC(=O)C1CCN(C(=O)c2cc(Cl)ccc2O)CC1. The summed E-state index contributed by atoms with van der Waals surface area (Å²) >= 11 is 5.84. The number of hydrogen-bond acceptors (Lipinski definition) is 4. The van der Waals surface area contributed by atoms with Crippen molar-refractivity contribution in [1.29, 1.82) is 0 Å². The average molecular weight is 298 g/mol. The van der Waals surface area contributed by atoms with Gasteiger partial charge in [-0.05, 0) is 31.0 Å². The number of likely N-dealkylation sites (tertiary alicyclic amines) is 1. The first kappa shape index (κ1) is 14.7. The molecule has 0 saturated carbocycles. The molecule has 1 aromatic rings. The van der Waals surface area contributed by atoms with Crippen molar-refractivity contribution < 1.29 is 19.4 Å². The fraction of sp³-hybridized carbons (Fsp3) is 0.429. The van der Waals surface area contributed by atoms with Crippen molar-refractivity contribution in [3.05, 3.63) is 28.8 Å². The van der Waals surface area contributed by atoms with Crippen molar-refractivity contribution in [2.45, 2.75) is 12.8 Å². The molecule has 0 spiro atoms. The first-order valence-corrected chi connectivity index (χ1v) is 6.76. The minimum absolute atomic E-state index is 0.0884. The van der Waals surface area contributed by atoms with Gasteiger partial charge in [0.15, 0.2) is 0 Å². The van der Waals surface area contributed by atoms with Crippen LogP contribution < -0.4 is 0 Å². The van der Waals surface area contributed by atoms with E-state index in [-0.39, 0.29) is 29.1 Å². The van der Waals surface area contributed by atoms with Crippen LogP contribution in [-0.2, 0) is 9.53 Å². The Morgan fingerprint density at radius 1 is 1.35 bits per heavy atom. The second kappa shape index (κ2) is 6.13. The Labute approximate surface area is 122 Å². The molecule has 1 fully saturated rings. The number of ether oxygens (including phenoxy) is 1. The number of benzene rings is 1. The van der Waals surface area contributed by atoms with Crippen molar-refractivity contribution in [3.8, 4) is 5.75 Å². The molecule has 1 aliphatic rings. The summed E-state index contributed by atoms with van der Waals surface area (Å²) in [7, 11) is 1.36. The molecular formula is C14H16ClNO4. The number of esters is 1. The minimum Gasteiger partial charge on any atom is -0.507 e. The summed E-state index contributed by atoms with van der Waals surface area (Å²) in [5.74, 6) is -0.748. The predicted octanol–water partition coefficient (Wildman–Crippen LogP) is 2.07. The van der Waals surface area contributed by atoms with Gasteiger partial charge in [0, 0.05) is 18.1 Å². The summed E-state index contributed by atoms with van der Waals surface area (Å²) < 4.78 is 4.71. The van der Waals surface area contributed by atoms with Crippen LogP contribution in [0.2, 0.25) is 5.02 Å². The number of phenols is 1. The van der Waals surface area contributed by atoms with Gasteiger partial charge in [-0.15, -0.1) is 0 Å². The molecule has 1 amide bonds. The fourth-order valence-electron chi connectivity index (χ4n) is 2.33. The van der Waals surface area contributed by atoms with Crippen LogP contribution in [0.25, 0.3) is 0 Å². The first-order valence-electron chi connectivity index (χ1n) is 6.38. The van der Waals surface area contributed by atoms with Crippen LogP contribution in [0.4, 0.5) is 0 Å². The molecule has 1 heterocycles. The molecule has 20 heavy (non-hydrogen) atoms. The molecule has 0 aliphatic carbocycles. The average Bonchev–Trinajstić information content (AvgIpc) is 2.48. The van der Waals surface area contributed by atoms with Crippen LogP contribution in [-0.4, -0.2) is 42.1 Å². The lowest BCUT2D eigenvalue weighted by molar-refractivity contribution is -0.146. The van der Waals surface area contributed by atoms with Crippen LogP contribution in [0.15, 0.2) is 18.2 Å². The third-order valence-electron chi connectivity index (χ3n) is 3.51. The van der Waals surface area contributed by atoms with E-state index in [0.29, 0.717) is 31.0 Å². The molecule has 0 bridgehead atoms. The highest BCUT2D eigenvalue weighted by Crippen LogP contribution is 2.25. The third-order valence-corrected chi connectivity index (χ3v) is 3.74. The highest BCUT2D eigenvalue weighted by Gasteiger charge is 2.29. The quantitative estimate of drug-likeness (QED) is 0.849. The van der Waals surface area contributed by atoms with Crippen LogP contribution in [0.3, 0.4) is 0 Å². The Morgan fingerprint density at radius 3 is 2.60 bits per heavy atom. The van der Waals surface area contributed by atoms with Crippen LogP contribution in [0.1, 0.15) is 23.2 Å². The maximum absolute atomic E-state index is 12.3. The Bertz CT molecular complexity index is 524. The highest BCUT2D eigenvalue weighted by atomic mass is 35.5. The summed E-state index contributed by atoms with van der Waals surface area (Å²) in [5.41, 5.74) is 0.189. The lowest BCUT2D eigenvalue weighted by Crippen LogP contribution is -2.40. The molecule has 0 aromatic heterocycles. The first-order chi connectivity index (χ1) is 9.52. The second-order valence-electron chi connectivity index (χ2n) is 4.75. The van der Waals surface area contributed by atoms with E-state index in [9.17, 15) is 14.7 Å². The highest BCUT2D eigenvalue weighted by molar-refractivity contribution is 6.31. The summed E-state index contributed by atoms with van der Waals surface area (Å²) in [6, 6.07) is 4.37. The molecule has 108 valence electrons. The molecule has 1 N–H and O–H groups in total. The third kappa shape index (κ3) is 3.04. The Morgan fingerprint density at radius 2 is 2.00 bits per heavy atom. The van der Waals surface area contributed by atoms with Crippen LogP contribution in [0, 0.1) is 5.92 Å². The van der Waals surface area contributed by atoms with E-state index in [4.69, 9.17) is 16.3 Å². The Balaban J connectivity index is 2.05. The van der Waals surface area contributed by atoms with Gasteiger partial charge in [0.1, 0.15) is 5.75 Å². The number of amides is 1. The van der Waals surface area contributed by atoms with Crippen molar-refractivity contribution in [1.82, 2.24) is 4.90 Å². The van der Waals surface area contributed by atoms with Crippen molar-refractivity contribution in [2.75, 3.05) is 20.2 Å². The molecule has 0 radical (unpaired) electrons. The number of halogens is 1. The number of hydrogen-bond donors (Lipinski definition) is 1. The number of nitrogens with zero attached hydrogens (tertiary/aromatic N) is 1. The summed E-state index contributed by atoms with van der Waals surface area (Å²) in [6.07, 6.45) is 1.14. The van der Waals surface area contributed by atoms with E-state index in [1.807, 2.05) is 0 Å². The monoisotopic (exact) mass is 297 g/mol. The Hall–Kier alpha value is -1.75. The summed E-state index contributed by atoms with van der Waals surface area (Å²) in [4.78, 5) is 25.4. The molecule has 2 rings (SSSR count). The number of carbonyl (C=O) groups is 2. The number of carbonyl (C=O) groups excluding carboxylic acids is 2. The zero-order valence-corrected chi connectivity index (χ0v) is 11.9. The normalized spacial score (nSPS) is 16.0. The molecular weight excluding hydrogens is 282 g/mol. The molecule has 0 atom stereocenters. The van der Waals surface area contributed by atoms with Crippen molar-refractivity contribution >= 4 is 23.5 Å². The topological polar surface area (TPSA) is 66.8 Å². The number of aromatic hydroxyl groups is 1. The maximum Gasteiger partial charge on any atom is 0.308 e. The van der Waals surface area contributed by atoms with Crippen LogP contribution in [0.5, 0.6) is 5.75 Å². The lowest BCUT2D eigenvalue weighted by atomic mass is 9.96. The minimum atomic E-state index is -0.270. The molecule has 6 heteroatoms. The number of methoxy groups -OCH3 is 1. The van der Waals surface area contributed by atoms with E-state index < -0.39 is 0 Å². The van der Waals surface area contributed by atoms with Gasteiger partial charge < -0.3 is 14.7 Å². The molecule has 5 nitrogen and oxygen atoms in total. The smallest absolute Gasteiger partial charge is 0.308 e. The van der Waals surface area contributed by atoms with E-state index >= 15 is 0 Å². The van der Waals surface area contributed by atoms with Gasteiger partial charge in [-0.2, -0.15) is 0 Å². The zero-order chi connectivity index (χ0) is 14.7. The molecule has 1 saturated heterocycles. The predicted molar refractivity (Wildman–Crippen MR) is 73.8 cm³/mol. The van der Waals surface area contributed by atoms with Gasteiger partial charge in [0.05, 0.1) is 18.6 Å². The van der Waals surface area contributed by atoms with Gasteiger partial charge in [-0.25, -0.2) is 0 Å². The van der Waals surface area contributed by atoms with Gasteiger partial charge in [0.25, 0.3) is 5.91 Å². The summed E-state index contributed by atoms with van der Waals surface area (Å²) in [6.45, 7) is 0.926. The molecule has 1 aromatic carbocycles. The van der Waals surface area contributed by atoms with E-state index in [0.717, 1.165) is 0 Å². The van der Waals surface area contributed by atoms with Crippen molar-refractivity contribution in [2.24, 2.45) is 5.92 Å². The van der Waals surface area contributed by atoms with Gasteiger partial charge >= 0.3 is 5.97 Å². The number of phenolic OH excluding ortho intramolecular Hbond substituents is 1. The number of piperidine rings is 1. The summed E-state index contributed by atoms with van der Waals surface area (Å²) in [5, 5.41) is 10.1. The fourth-order valence-corrected chi connectivity index (χ4v) is 2.51. The van der Waals surface area contributed by atoms with Gasteiger partial charge in [-0.3, -0.25) is 9.59 Å². The van der Waals surface area contributed by atoms with E-state index in [2.05, 4.69) is 0 Å². The van der Waals surface area contributed by atoms with Gasteiger partial charge in [-0.1, -0.05) is 11.6 Å². The van der Waals surface area contributed by atoms with Crippen molar-refractivity contribution in [3.63, 3.8) is 0 Å². The standard InChI is InChI=1S/C14H16ClNO4/c1-20-14(19)9-4-6-16(7-5-9)13(18)11-8-10(15)2-3-12(11)17/h2-3,8-9,17H,4-7H2,1H3. The molecule has 0 unspecified atom stereocenters. The van der Waals surface area contributed by atoms with Gasteiger partial charge in [0.2, 0.25) is 0 Å². The lowest BCUT2D eigenvalue weighted by Gasteiger charge is -2.30. The second-order valence-corrected chi connectivity index (χ2v) is 5.19. The van der Waals surface area contributed by atoms with E-state index in [1.54, 1.807) is 4.90 Å². The maximum atomic E-state index is 12.3. The number of rotatable bonds is 2. The largest absolute Gasteiger partial charge is 0.507 e. The molecule has 1 aliphatic heterocycles. The van der Waals surface area contributed by atoms with Crippen LogP contribution >= 0.6 is 11.6 Å². The Kier molecular flexibility index (Phi) is 4.49. The van der Waals surface area contributed by atoms with E-state index in [1.165, 1.54) is 25.3 Å². The zero-order valence-electron chi connectivity index (χ0n) is 11.1.